The molecular formula is C43H62AlClO6. The average molecular weight is 737 g/mol. The fourth-order valence-electron chi connectivity index (χ4n) is 4.84. The Morgan fingerprint density at radius 1 is 0.667 bits per heavy atom. The summed E-state index contributed by atoms with van der Waals surface area (Å²) in [4.78, 5) is 49.8. The molecule has 0 saturated carbocycles. The molecule has 0 bridgehead atoms. The number of ether oxygens (including phenoxy) is 2. The van der Waals surface area contributed by atoms with Crippen LogP contribution in [0, 0.1) is 12.3 Å². The summed E-state index contributed by atoms with van der Waals surface area (Å²) in [5.74, 6) is 6.96. The largest absolute Gasteiger partial charge is 0.492 e. The number of halogens is 1. The van der Waals surface area contributed by atoms with E-state index in [2.05, 4.69) is 69.2 Å². The van der Waals surface area contributed by atoms with Crippen LogP contribution in [0.2, 0.25) is 11.6 Å². The Labute approximate surface area is 318 Å². The van der Waals surface area contributed by atoms with E-state index in [0.717, 1.165) is 18.4 Å². The van der Waals surface area contributed by atoms with E-state index in [1.807, 2.05) is 19.9 Å². The number of carbonyl (C=O) groups excluding carboxylic acids is 4. The summed E-state index contributed by atoms with van der Waals surface area (Å²) in [6.07, 6.45) is 16.3. The Morgan fingerprint density at radius 2 is 1.08 bits per heavy atom. The maximum atomic E-state index is 12.1. The third-order valence-corrected chi connectivity index (χ3v) is 9.22. The molecule has 0 radical (unpaired) electrons. The van der Waals surface area contributed by atoms with Crippen molar-refractivity contribution in [2.75, 3.05) is 20.1 Å². The number of hydrogen-bond acceptors (Lipinski definition) is 6. The van der Waals surface area contributed by atoms with Gasteiger partial charge in [0.2, 0.25) is 11.6 Å². The second kappa shape index (κ2) is 26.4. The predicted octanol–water partition coefficient (Wildman–Crippen LogP) is 10.7. The number of terminal acetylenes is 1. The van der Waals surface area contributed by atoms with Gasteiger partial charge in [-0.15, -0.1) is 40.5 Å². The summed E-state index contributed by atoms with van der Waals surface area (Å²) in [6, 6.07) is 0. The molecule has 51 heavy (non-hydrogen) atoms. The molecule has 0 aromatic rings. The van der Waals surface area contributed by atoms with Crippen LogP contribution in [-0.2, 0) is 28.7 Å². The van der Waals surface area contributed by atoms with Gasteiger partial charge < -0.3 is 9.47 Å². The van der Waals surface area contributed by atoms with Gasteiger partial charge in [0.1, 0.15) is 0 Å². The van der Waals surface area contributed by atoms with Crippen molar-refractivity contribution >= 4 is 48.9 Å². The third kappa shape index (κ3) is 18.6. The van der Waals surface area contributed by atoms with Crippen LogP contribution in [0.15, 0.2) is 90.4 Å². The van der Waals surface area contributed by atoms with E-state index in [1.165, 1.54) is 38.2 Å². The molecule has 0 spiro atoms. The second-order valence-electron chi connectivity index (χ2n) is 13.6. The molecule has 280 valence electrons. The Bertz CT molecular complexity index is 1520. The molecule has 0 aromatic carbocycles. The number of rotatable bonds is 11. The highest BCUT2D eigenvalue weighted by Crippen LogP contribution is 2.27. The van der Waals surface area contributed by atoms with Gasteiger partial charge in [-0.05, 0) is 102 Å². The fourth-order valence-corrected chi connectivity index (χ4v) is 6.47. The van der Waals surface area contributed by atoms with Gasteiger partial charge in [0.05, 0.1) is 20.1 Å². The topological polar surface area (TPSA) is 86.7 Å². The number of methoxy groups -OCH3 is 2. The summed E-state index contributed by atoms with van der Waals surface area (Å²) in [7, 11) is 2.79. The molecule has 8 heteroatoms. The Balaban J connectivity index is 0. The molecule has 2 aliphatic rings. The normalized spacial score (nSPS) is 14.3. The van der Waals surface area contributed by atoms with Crippen molar-refractivity contribution in [2.24, 2.45) is 0 Å². The molecule has 2 rings (SSSR count). The van der Waals surface area contributed by atoms with Crippen molar-refractivity contribution in [3.63, 3.8) is 0 Å². The van der Waals surface area contributed by atoms with Gasteiger partial charge in [-0.3, -0.25) is 19.2 Å². The van der Waals surface area contributed by atoms with Crippen LogP contribution in [0.1, 0.15) is 108 Å². The lowest BCUT2D eigenvalue weighted by molar-refractivity contribution is -0.118. The van der Waals surface area contributed by atoms with Crippen molar-refractivity contribution < 1.29 is 28.7 Å². The zero-order valence-electron chi connectivity index (χ0n) is 34.0. The summed E-state index contributed by atoms with van der Waals surface area (Å²) in [5, 5.41) is 0. The molecule has 0 saturated heterocycles. The van der Waals surface area contributed by atoms with Crippen molar-refractivity contribution in [1.29, 1.82) is 0 Å². The number of ketones is 4. The first-order chi connectivity index (χ1) is 23.7. The van der Waals surface area contributed by atoms with E-state index >= 15 is 0 Å². The summed E-state index contributed by atoms with van der Waals surface area (Å²) >= 11 is 5.12. The minimum atomic E-state index is -0.478. The Morgan fingerprint density at radius 3 is 1.45 bits per heavy atom. The minimum Gasteiger partial charge on any atom is -0.492 e. The predicted molar refractivity (Wildman–Crippen MR) is 217 cm³/mol. The first-order valence-corrected chi connectivity index (χ1v) is 20.9. The van der Waals surface area contributed by atoms with Gasteiger partial charge >= 0.3 is 0 Å². The van der Waals surface area contributed by atoms with Gasteiger partial charge in [0.15, 0.2) is 23.1 Å². The van der Waals surface area contributed by atoms with Crippen LogP contribution in [0.3, 0.4) is 0 Å². The van der Waals surface area contributed by atoms with Gasteiger partial charge in [-0.25, -0.2) is 0 Å². The van der Waals surface area contributed by atoms with Crippen molar-refractivity contribution in [2.45, 2.75) is 120 Å². The van der Waals surface area contributed by atoms with Crippen LogP contribution in [0.25, 0.3) is 0 Å². The number of Topliss-reactive ketones (excluding diaryl/α,β-unsaturated/α-hetero) is 4. The number of alkyl halides is 1. The van der Waals surface area contributed by atoms with Crippen molar-refractivity contribution in [3.05, 3.63) is 90.4 Å². The second-order valence-corrected chi connectivity index (χ2v) is 16.6. The molecule has 0 unspecified atom stereocenters. The summed E-state index contributed by atoms with van der Waals surface area (Å²) in [5.41, 5.74) is 8.05. The SMILES string of the molecule is C#CCCC=C(C)C.CC(C)=CCC/C(C)=[CH]/[Al]([CH3])[CH3].COC1=C(C)C(=O)C(CC=C(C)C)=C(C)C1=O.COC1=C(C)C(=O)C(CCl)=C(C)C1=O. The Hall–Kier alpha value is -3.42. The van der Waals surface area contributed by atoms with E-state index in [1.54, 1.807) is 33.3 Å². The highest BCUT2D eigenvalue weighted by molar-refractivity contribution is 6.61. The van der Waals surface area contributed by atoms with Gasteiger partial charge in [-0.2, -0.15) is 0 Å². The lowest BCUT2D eigenvalue weighted by atomic mass is 9.87. The molecule has 0 amide bonds. The first-order valence-electron chi connectivity index (χ1n) is 17.4. The highest BCUT2D eigenvalue weighted by Gasteiger charge is 2.31. The first kappa shape index (κ1) is 49.7. The molecule has 0 heterocycles. The van der Waals surface area contributed by atoms with Gasteiger partial charge in [0, 0.05) is 39.9 Å². The lowest BCUT2D eigenvalue weighted by Crippen LogP contribution is -2.23. The molecule has 0 atom stereocenters. The molecule has 6 nitrogen and oxygen atoms in total. The number of allylic oxidation sites excluding steroid dienone is 13. The third-order valence-electron chi connectivity index (χ3n) is 7.72. The van der Waals surface area contributed by atoms with Crippen LogP contribution >= 0.6 is 11.6 Å². The van der Waals surface area contributed by atoms with E-state index in [-0.39, 0.29) is 40.5 Å². The molecule has 0 aliphatic heterocycles. The average Bonchev–Trinajstić information content (AvgIpc) is 3.04. The molecule has 0 N–H and O–H groups in total. The lowest BCUT2D eigenvalue weighted by Gasteiger charge is -2.18. The van der Waals surface area contributed by atoms with Gasteiger partial charge in [-0.1, -0.05) is 40.5 Å². The zero-order valence-corrected chi connectivity index (χ0v) is 35.9. The molecule has 0 fully saturated rings. The van der Waals surface area contributed by atoms with Crippen molar-refractivity contribution in [1.82, 2.24) is 0 Å². The zero-order chi connectivity index (χ0) is 40.0. The van der Waals surface area contributed by atoms with Crippen LogP contribution in [0.5, 0.6) is 0 Å². The monoisotopic (exact) mass is 736 g/mol. The number of hydrogen-bond donors (Lipinski definition) is 0. The van der Waals surface area contributed by atoms with E-state index in [4.69, 9.17) is 27.5 Å². The maximum absolute atomic E-state index is 12.1. The minimum absolute atomic E-state index is 0.0603. The summed E-state index contributed by atoms with van der Waals surface area (Å²) < 4.78 is 9.87. The number of carbonyl (C=O) groups is 4. The molecule has 2 aliphatic carbocycles. The fraction of sp³-hybridized carbons (Fsp3) is 0.488. The van der Waals surface area contributed by atoms with E-state index in [9.17, 15) is 19.2 Å². The van der Waals surface area contributed by atoms with E-state index < -0.39 is 14.1 Å². The molecule has 0 aromatic heterocycles. The highest BCUT2D eigenvalue weighted by atomic mass is 35.5. The standard InChI is InChI=1S/C14H18O3.C10H11ClO3.C9H15.C8H12.2CH3.Al/c1-8(2)6-7-11-9(3)13(16)14(17-5)10(4)12(11)15;1-5-7(4-11)8(12)6(2)10(14-3)9(5)13;1-8(2)6-5-7-9(3)4;1-4-5-6-7-8(2)3;;;/h6H,7H2,1-5H3;4H2,1-3H3;1,7H,5-6H2,2-4H3;1,7H,5-6H2,2-3H3;2*1H3;. The van der Waals surface area contributed by atoms with Crippen LogP contribution in [0.4, 0.5) is 0 Å². The van der Waals surface area contributed by atoms with Gasteiger partial charge in [0.25, 0.3) is 14.1 Å². The smallest absolute Gasteiger partial charge is 0.288 e. The van der Waals surface area contributed by atoms with Crippen LogP contribution in [-0.4, -0.2) is 57.4 Å². The van der Waals surface area contributed by atoms with Crippen molar-refractivity contribution in [3.8, 4) is 12.3 Å². The quantitative estimate of drug-likeness (QED) is 0.0524. The maximum Gasteiger partial charge on any atom is 0.288 e. The van der Waals surface area contributed by atoms with Crippen LogP contribution < -0.4 is 0 Å². The Kier molecular flexibility index (Phi) is 25.7. The molecular weight excluding hydrogens is 675 g/mol. The van der Waals surface area contributed by atoms with E-state index in [0.29, 0.717) is 39.9 Å². The summed E-state index contributed by atoms with van der Waals surface area (Å²) in [6.45, 7) is 21.1. The number of unbranched alkanes of at least 4 members (excludes halogenated alkanes) is 1.